The van der Waals surface area contributed by atoms with Gasteiger partial charge in [-0.3, -0.25) is 0 Å². The number of nitriles is 1. The number of fused-ring (bicyclic) bond motifs is 2. The molecule has 0 spiro atoms. The van der Waals surface area contributed by atoms with Crippen molar-refractivity contribution in [3.05, 3.63) is 29.8 Å². The second-order valence-corrected chi connectivity index (χ2v) is 8.40. The lowest BCUT2D eigenvalue weighted by Crippen LogP contribution is -2.33. The van der Waals surface area contributed by atoms with E-state index in [0.29, 0.717) is 23.9 Å². The molecule has 0 saturated heterocycles. The van der Waals surface area contributed by atoms with E-state index in [9.17, 15) is 8.42 Å². The quantitative estimate of drug-likeness (QED) is 0.859. The molecule has 1 aromatic rings. The summed E-state index contributed by atoms with van der Waals surface area (Å²) in [7, 11) is -1.78. The first-order valence-electron chi connectivity index (χ1n) is 7.47. The Bertz CT molecular complexity index is 661. The van der Waals surface area contributed by atoms with Crippen LogP contribution in [0.2, 0.25) is 0 Å². The van der Waals surface area contributed by atoms with Gasteiger partial charge in [-0.1, -0.05) is 6.42 Å². The van der Waals surface area contributed by atoms with Gasteiger partial charge in [0, 0.05) is 13.6 Å². The maximum Gasteiger partial charge on any atom is 0.242 e. The number of sulfonamides is 1. The van der Waals surface area contributed by atoms with Gasteiger partial charge in [-0.2, -0.15) is 5.26 Å². The highest BCUT2D eigenvalue weighted by Gasteiger charge is 2.40. The van der Waals surface area contributed by atoms with Gasteiger partial charge in [0.15, 0.2) is 0 Å². The lowest BCUT2D eigenvalue weighted by Gasteiger charge is -2.26. The van der Waals surface area contributed by atoms with Gasteiger partial charge in [0.1, 0.15) is 0 Å². The van der Waals surface area contributed by atoms with E-state index < -0.39 is 10.0 Å². The fraction of sp³-hybridized carbons (Fsp3) is 0.562. The Balaban J connectivity index is 1.73. The fourth-order valence-electron chi connectivity index (χ4n) is 3.91. The molecule has 2 aliphatic carbocycles. The van der Waals surface area contributed by atoms with Gasteiger partial charge in [0.05, 0.1) is 16.5 Å². The maximum absolute atomic E-state index is 12.6. The summed E-state index contributed by atoms with van der Waals surface area (Å²) in [4.78, 5) is 0.271. The topological polar surface area (TPSA) is 61.2 Å². The lowest BCUT2D eigenvalue weighted by atomic mass is 9.89. The Hall–Kier alpha value is -1.38. The average Bonchev–Trinajstić information content (AvgIpc) is 3.09. The van der Waals surface area contributed by atoms with Crippen molar-refractivity contribution in [2.45, 2.75) is 30.6 Å². The SMILES string of the molecule is CN(CC1CC2CCC1C2)S(=O)(=O)c1ccc(C#N)cc1. The zero-order chi connectivity index (χ0) is 15.0. The predicted octanol–water partition coefficient (Wildman–Crippen LogP) is 2.61. The van der Waals surface area contributed by atoms with Crippen LogP contribution in [0.3, 0.4) is 0 Å². The molecule has 0 amide bonds. The number of benzene rings is 1. The fourth-order valence-corrected chi connectivity index (χ4v) is 5.14. The van der Waals surface area contributed by atoms with Gasteiger partial charge in [-0.15, -0.1) is 0 Å². The molecule has 3 atom stereocenters. The van der Waals surface area contributed by atoms with E-state index in [4.69, 9.17) is 5.26 Å². The van der Waals surface area contributed by atoms with Crippen LogP contribution >= 0.6 is 0 Å². The van der Waals surface area contributed by atoms with E-state index in [1.54, 1.807) is 19.2 Å². The molecule has 1 aromatic carbocycles. The molecule has 4 nitrogen and oxygen atoms in total. The van der Waals surface area contributed by atoms with Crippen LogP contribution in [-0.4, -0.2) is 26.3 Å². The molecule has 21 heavy (non-hydrogen) atoms. The van der Waals surface area contributed by atoms with Crippen LogP contribution in [-0.2, 0) is 10.0 Å². The molecule has 3 rings (SSSR count). The summed E-state index contributed by atoms with van der Waals surface area (Å²) >= 11 is 0. The van der Waals surface area contributed by atoms with E-state index in [1.165, 1.54) is 42.1 Å². The Labute approximate surface area is 126 Å². The van der Waals surface area contributed by atoms with Crippen molar-refractivity contribution in [2.24, 2.45) is 17.8 Å². The summed E-state index contributed by atoms with van der Waals surface area (Å²) < 4.78 is 26.6. The molecule has 2 aliphatic rings. The van der Waals surface area contributed by atoms with E-state index in [-0.39, 0.29) is 4.90 Å². The molecule has 3 unspecified atom stereocenters. The summed E-state index contributed by atoms with van der Waals surface area (Å²) in [5, 5.41) is 8.78. The van der Waals surface area contributed by atoms with Gasteiger partial charge < -0.3 is 0 Å². The minimum Gasteiger partial charge on any atom is -0.207 e. The largest absolute Gasteiger partial charge is 0.242 e. The minimum absolute atomic E-state index is 0.271. The number of nitrogens with zero attached hydrogens (tertiary/aromatic N) is 2. The van der Waals surface area contributed by atoms with Crippen LogP contribution in [0.5, 0.6) is 0 Å². The Morgan fingerprint density at radius 1 is 1.24 bits per heavy atom. The third-order valence-corrected chi connectivity index (χ3v) is 6.91. The van der Waals surface area contributed by atoms with Crippen molar-refractivity contribution >= 4 is 10.0 Å². The van der Waals surface area contributed by atoms with Crippen molar-refractivity contribution in [3.63, 3.8) is 0 Å². The molecular weight excluding hydrogens is 284 g/mol. The van der Waals surface area contributed by atoms with Gasteiger partial charge >= 0.3 is 0 Å². The van der Waals surface area contributed by atoms with Crippen LogP contribution in [0.4, 0.5) is 0 Å². The third kappa shape index (κ3) is 2.70. The van der Waals surface area contributed by atoms with Gasteiger partial charge in [0.2, 0.25) is 10.0 Å². The van der Waals surface area contributed by atoms with Gasteiger partial charge in [-0.25, -0.2) is 12.7 Å². The van der Waals surface area contributed by atoms with Crippen LogP contribution in [0.15, 0.2) is 29.2 Å². The summed E-state index contributed by atoms with van der Waals surface area (Å²) in [5.41, 5.74) is 0.477. The normalized spacial score (nSPS) is 28.0. The van der Waals surface area contributed by atoms with E-state index in [1.807, 2.05) is 6.07 Å². The summed E-state index contributed by atoms with van der Waals surface area (Å²) in [6.07, 6.45) is 5.06. The van der Waals surface area contributed by atoms with Crippen molar-refractivity contribution in [1.29, 1.82) is 5.26 Å². The molecule has 112 valence electrons. The van der Waals surface area contributed by atoms with Crippen LogP contribution < -0.4 is 0 Å². The molecular formula is C16H20N2O2S. The second kappa shape index (κ2) is 5.43. The number of rotatable bonds is 4. The first kappa shape index (κ1) is 14.6. The Morgan fingerprint density at radius 3 is 2.48 bits per heavy atom. The Morgan fingerprint density at radius 2 is 1.95 bits per heavy atom. The summed E-state index contributed by atoms with van der Waals surface area (Å²) in [5.74, 6) is 2.06. The number of hydrogen-bond acceptors (Lipinski definition) is 3. The standard InChI is InChI=1S/C16H20N2O2S/c1-18(11-15-9-13-2-5-14(15)8-13)21(19,20)16-6-3-12(10-17)4-7-16/h3-4,6-7,13-15H,2,5,8-9,11H2,1H3. The molecule has 2 bridgehead atoms. The van der Waals surface area contributed by atoms with Crippen molar-refractivity contribution in [2.75, 3.05) is 13.6 Å². The maximum atomic E-state index is 12.6. The summed E-state index contributed by atoms with van der Waals surface area (Å²) in [6.45, 7) is 0.615. The molecule has 0 radical (unpaired) electrons. The van der Waals surface area contributed by atoms with Crippen LogP contribution in [0.1, 0.15) is 31.2 Å². The highest BCUT2D eigenvalue weighted by Crippen LogP contribution is 2.48. The van der Waals surface area contributed by atoms with E-state index in [0.717, 1.165) is 5.92 Å². The lowest BCUT2D eigenvalue weighted by molar-refractivity contribution is 0.280. The average molecular weight is 304 g/mol. The van der Waals surface area contributed by atoms with Crippen molar-refractivity contribution in [3.8, 4) is 6.07 Å². The van der Waals surface area contributed by atoms with Crippen LogP contribution in [0, 0.1) is 29.1 Å². The zero-order valence-corrected chi connectivity index (χ0v) is 13.0. The second-order valence-electron chi connectivity index (χ2n) is 6.36. The molecule has 2 saturated carbocycles. The predicted molar refractivity (Wildman–Crippen MR) is 79.9 cm³/mol. The first-order valence-corrected chi connectivity index (χ1v) is 8.91. The molecule has 0 heterocycles. The molecule has 2 fully saturated rings. The monoisotopic (exact) mass is 304 g/mol. The minimum atomic E-state index is -3.44. The van der Waals surface area contributed by atoms with Gasteiger partial charge in [-0.05, 0) is 61.3 Å². The van der Waals surface area contributed by atoms with E-state index in [2.05, 4.69) is 0 Å². The molecule has 5 heteroatoms. The van der Waals surface area contributed by atoms with Crippen molar-refractivity contribution in [1.82, 2.24) is 4.31 Å². The highest BCUT2D eigenvalue weighted by atomic mass is 32.2. The number of hydrogen-bond donors (Lipinski definition) is 0. The van der Waals surface area contributed by atoms with Gasteiger partial charge in [0.25, 0.3) is 0 Å². The van der Waals surface area contributed by atoms with Crippen LogP contribution in [0.25, 0.3) is 0 Å². The Kier molecular flexibility index (Phi) is 3.76. The third-order valence-electron chi connectivity index (χ3n) is 5.07. The molecule has 0 aromatic heterocycles. The van der Waals surface area contributed by atoms with E-state index >= 15 is 0 Å². The molecule has 0 aliphatic heterocycles. The smallest absolute Gasteiger partial charge is 0.207 e. The highest BCUT2D eigenvalue weighted by molar-refractivity contribution is 7.89. The molecule has 0 N–H and O–H groups in total. The zero-order valence-electron chi connectivity index (χ0n) is 12.2. The first-order chi connectivity index (χ1) is 10.0. The van der Waals surface area contributed by atoms with Crippen molar-refractivity contribution < 1.29 is 8.42 Å². The summed E-state index contributed by atoms with van der Waals surface area (Å²) in [6, 6.07) is 8.15.